The van der Waals surface area contributed by atoms with E-state index < -0.39 is 0 Å². The Morgan fingerprint density at radius 2 is 1.62 bits per heavy atom. The molecular formula is C11H25N3O2. The van der Waals surface area contributed by atoms with Crippen molar-refractivity contribution in [3.8, 4) is 0 Å². The largest absolute Gasteiger partial charge is 0.395 e. The SMILES string of the molecule is CC(C)N(CCNC(=O)NCCO)C(C)C. The minimum Gasteiger partial charge on any atom is -0.395 e. The van der Waals surface area contributed by atoms with E-state index in [0.717, 1.165) is 6.54 Å². The van der Waals surface area contributed by atoms with Gasteiger partial charge in [-0.05, 0) is 27.7 Å². The number of rotatable bonds is 7. The first kappa shape index (κ1) is 15.2. The van der Waals surface area contributed by atoms with Gasteiger partial charge in [0.2, 0.25) is 0 Å². The molecule has 0 saturated heterocycles. The highest BCUT2D eigenvalue weighted by Crippen LogP contribution is 2.02. The van der Waals surface area contributed by atoms with Gasteiger partial charge in [0.15, 0.2) is 0 Å². The summed E-state index contributed by atoms with van der Waals surface area (Å²) in [5.74, 6) is 0. The van der Waals surface area contributed by atoms with Crippen LogP contribution in [0.3, 0.4) is 0 Å². The molecule has 0 fully saturated rings. The minimum atomic E-state index is -0.221. The van der Waals surface area contributed by atoms with Gasteiger partial charge in [0, 0.05) is 31.7 Å². The summed E-state index contributed by atoms with van der Waals surface area (Å²) in [6, 6.07) is 0.728. The zero-order chi connectivity index (χ0) is 12.6. The standard InChI is InChI=1S/C11H25N3O2/c1-9(2)14(10(3)4)7-5-12-11(16)13-6-8-15/h9-10,15H,5-8H2,1-4H3,(H2,12,13,16). The van der Waals surface area contributed by atoms with Crippen LogP contribution in [0.15, 0.2) is 0 Å². The average Bonchev–Trinajstić information content (AvgIpc) is 2.20. The van der Waals surface area contributed by atoms with Gasteiger partial charge in [-0.15, -0.1) is 0 Å². The van der Waals surface area contributed by atoms with Crippen LogP contribution in [0.4, 0.5) is 4.79 Å². The third-order valence-electron chi connectivity index (χ3n) is 2.38. The lowest BCUT2D eigenvalue weighted by Gasteiger charge is -2.30. The molecule has 0 aliphatic carbocycles. The number of carbonyl (C=O) groups is 1. The molecular weight excluding hydrogens is 206 g/mol. The van der Waals surface area contributed by atoms with Crippen molar-refractivity contribution in [2.45, 2.75) is 39.8 Å². The van der Waals surface area contributed by atoms with Crippen LogP contribution in [0.1, 0.15) is 27.7 Å². The molecule has 16 heavy (non-hydrogen) atoms. The zero-order valence-corrected chi connectivity index (χ0v) is 10.8. The highest BCUT2D eigenvalue weighted by Gasteiger charge is 2.12. The molecule has 5 nitrogen and oxygen atoms in total. The van der Waals surface area contributed by atoms with Gasteiger partial charge in [0.1, 0.15) is 0 Å². The van der Waals surface area contributed by atoms with Gasteiger partial charge in [-0.1, -0.05) is 0 Å². The lowest BCUT2D eigenvalue weighted by molar-refractivity contribution is 0.175. The minimum absolute atomic E-state index is 0.0302. The first-order valence-electron chi connectivity index (χ1n) is 5.87. The number of carbonyl (C=O) groups excluding carboxylic acids is 1. The molecule has 0 unspecified atom stereocenters. The topological polar surface area (TPSA) is 64.6 Å². The second-order valence-corrected chi connectivity index (χ2v) is 4.33. The molecule has 0 aromatic carbocycles. The Labute approximate surface area is 98.2 Å². The molecule has 0 aromatic rings. The zero-order valence-electron chi connectivity index (χ0n) is 10.8. The van der Waals surface area contributed by atoms with Crippen molar-refractivity contribution < 1.29 is 9.90 Å². The number of urea groups is 1. The molecule has 0 heterocycles. The van der Waals surface area contributed by atoms with Crippen LogP contribution >= 0.6 is 0 Å². The summed E-state index contributed by atoms with van der Waals surface area (Å²) >= 11 is 0. The normalized spacial score (nSPS) is 11.2. The molecule has 5 heteroatoms. The van der Waals surface area contributed by atoms with E-state index in [0.29, 0.717) is 25.2 Å². The van der Waals surface area contributed by atoms with Crippen molar-refractivity contribution in [2.24, 2.45) is 0 Å². The van der Waals surface area contributed by atoms with E-state index in [1.807, 2.05) is 0 Å². The maximum Gasteiger partial charge on any atom is 0.314 e. The smallest absolute Gasteiger partial charge is 0.314 e. The van der Waals surface area contributed by atoms with Gasteiger partial charge >= 0.3 is 6.03 Å². The van der Waals surface area contributed by atoms with Crippen molar-refractivity contribution >= 4 is 6.03 Å². The number of hydrogen-bond acceptors (Lipinski definition) is 3. The number of nitrogens with zero attached hydrogens (tertiary/aromatic N) is 1. The summed E-state index contributed by atoms with van der Waals surface area (Å²) < 4.78 is 0. The van der Waals surface area contributed by atoms with E-state index in [4.69, 9.17) is 5.11 Å². The molecule has 0 radical (unpaired) electrons. The van der Waals surface area contributed by atoms with E-state index in [9.17, 15) is 4.79 Å². The van der Waals surface area contributed by atoms with Crippen LogP contribution in [0.5, 0.6) is 0 Å². The Kier molecular flexibility index (Phi) is 7.93. The van der Waals surface area contributed by atoms with Gasteiger partial charge in [0.05, 0.1) is 6.61 Å². The van der Waals surface area contributed by atoms with Gasteiger partial charge in [0.25, 0.3) is 0 Å². The number of amides is 2. The monoisotopic (exact) mass is 231 g/mol. The van der Waals surface area contributed by atoms with E-state index >= 15 is 0 Å². The van der Waals surface area contributed by atoms with E-state index in [-0.39, 0.29) is 12.6 Å². The number of hydrogen-bond donors (Lipinski definition) is 3. The predicted octanol–water partition coefficient (Wildman–Crippen LogP) is 0.397. The molecule has 0 saturated carbocycles. The molecule has 0 rings (SSSR count). The fourth-order valence-corrected chi connectivity index (χ4v) is 1.64. The number of aliphatic hydroxyl groups is 1. The van der Waals surface area contributed by atoms with Gasteiger partial charge in [-0.3, -0.25) is 4.90 Å². The molecule has 3 N–H and O–H groups in total. The Hall–Kier alpha value is -0.810. The van der Waals surface area contributed by atoms with Gasteiger partial charge in [-0.2, -0.15) is 0 Å². The first-order chi connectivity index (χ1) is 7.49. The first-order valence-corrected chi connectivity index (χ1v) is 5.87. The van der Waals surface area contributed by atoms with Crippen molar-refractivity contribution in [3.05, 3.63) is 0 Å². The van der Waals surface area contributed by atoms with Gasteiger partial charge < -0.3 is 15.7 Å². The van der Waals surface area contributed by atoms with Crippen LogP contribution in [0.2, 0.25) is 0 Å². The Morgan fingerprint density at radius 1 is 1.12 bits per heavy atom. The number of nitrogens with one attached hydrogen (secondary N) is 2. The van der Waals surface area contributed by atoms with Crippen molar-refractivity contribution in [1.82, 2.24) is 15.5 Å². The molecule has 0 bridgehead atoms. The Balaban J connectivity index is 3.73. The number of aliphatic hydroxyl groups excluding tert-OH is 1. The van der Waals surface area contributed by atoms with E-state index in [1.165, 1.54) is 0 Å². The third-order valence-corrected chi connectivity index (χ3v) is 2.38. The second-order valence-electron chi connectivity index (χ2n) is 4.33. The summed E-state index contributed by atoms with van der Waals surface area (Å²) in [6.07, 6.45) is 0. The van der Waals surface area contributed by atoms with Crippen LogP contribution in [-0.4, -0.2) is 54.4 Å². The summed E-state index contributed by atoms with van der Waals surface area (Å²) in [4.78, 5) is 13.5. The summed E-state index contributed by atoms with van der Waals surface area (Å²) in [7, 11) is 0. The summed E-state index contributed by atoms with van der Waals surface area (Å²) in [6.45, 7) is 10.3. The van der Waals surface area contributed by atoms with Crippen molar-refractivity contribution in [3.63, 3.8) is 0 Å². The Bertz CT molecular complexity index is 188. The fraction of sp³-hybridized carbons (Fsp3) is 0.909. The maximum absolute atomic E-state index is 11.2. The quantitative estimate of drug-likeness (QED) is 0.594. The van der Waals surface area contributed by atoms with Crippen molar-refractivity contribution in [2.75, 3.05) is 26.2 Å². The molecule has 96 valence electrons. The van der Waals surface area contributed by atoms with Crippen LogP contribution in [0, 0.1) is 0 Å². The third kappa shape index (κ3) is 6.63. The van der Waals surface area contributed by atoms with Gasteiger partial charge in [-0.25, -0.2) is 4.79 Å². The van der Waals surface area contributed by atoms with Crippen LogP contribution in [-0.2, 0) is 0 Å². The lowest BCUT2D eigenvalue weighted by atomic mass is 10.2. The average molecular weight is 231 g/mol. The fourth-order valence-electron chi connectivity index (χ4n) is 1.64. The lowest BCUT2D eigenvalue weighted by Crippen LogP contribution is -2.45. The highest BCUT2D eigenvalue weighted by molar-refractivity contribution is 5.73. The highest BCUT2D eigenvalue weighted by atomic mass is 16.3. The Morgan fingerprint density at radius 3 is 2.06 bits per heavy atom. The van der Waals surface area contributed by atoms with E-state index in [1.54, 1.807) is 0 Å². The molecule has 0 aliphatic rings. The predicted molar refractivity (Wildman–Crippen MR) is 65.5 cm³/mol. The van der Waals surface area contributed by atoms with Crippen molar-refractivity contribution in [1.29, 1.82) is 0 Å². The molecule has 0 aromatic heterocycles. The molecule has 0 spiro atoms. The molecule has 0 aliphatic heterocycles. The van der Waals surface area contributed by atoms with E-state index in [2.05, 4.69) is 43.2 Å². The summed E-state index contributed by atoms with van der Waals surface area (Å²) in [5.41, 5.74) is 0. The molecule has 2 amide bonds. The molecule has 0 atom stereocenters. The second kappa shape index (κ2) is 8.35. The summed E-state index contributed by atoms with van der Waals surface area (Å²) in [5, 5.41) is 13.8. The van der Waals surface area contributed by atoms with Crippen LogP contribution < -0.4 is 10.6 Å². The maximum atomic E-state index is 11.2. The van der Waals surface area contributed by atoms with Crippen LogP contribution in [0.25, 0.3) is 0 Å².